The first-order chi connectivity index (χ1) is 9.03. The van der Waals surface area contributed by atoms with Crippen LogP contribution in [0.2, 0.25) is 0 Å². The van der Waals surface area contributed by atoms with Gasteiger partial charge in [0.1, 0.15) is 0 Å². The van der Waals surface area contributed by atoms with Crippen LogP contribution in [0.15, 0.2) is 18.2 Å². The molecule has 0 unspecified atom stereocenters. The van der Waals surface area contributed by atoms with Crippen LogP contribution in [0.1, 0.15) is 24.2 Å². The van der Waals surface area contributed by atoms with E-state index in [4.69, 9.17) is 5.73 Å². The van der Waals surface area contributed by atoms with E-state index in [9.17, 15) is 9.59 Å². The molecule has 0 aromatic heterocycles. The number of anilines is 2. The molecule has 0 radical (unpaired) electrons. The summed E-state index contributed by atoms with van der Waals surface area (Å²) in [7, 11) is 1.30. The van der Waals surface area contributed by atoms with Crippen molar-refractivity contribution in [2.45, 2.75) is 13.8 Å². The normalized spacial score (nSPS) is 9.84. The highest BCUT2D eigenvalue weighted by molar-refractivity contribution is 5.96. The third kappa shape index (κ3) is 3.61. The molecule has 6 heteroatoms. The van der Waals surface area contributed by atoms with Crippen LogP contribution in [-0.4, -0.2) is 37.1 Å². The Balaban J connectivity index is 2.94. The second-order valence-corrected chi connectivity index (χ2v) is 3.90. The van der Waals surface area contributed by atoms with Crippen LogP contribution < -0.4 is 11.1 Å². The Morgan fingerprint density at radius 3 is 2.47 bits per heavy atom. The van der Waals surface area contributed by atoms with Crippen molar-refractivity contribution in [3.63, 3.8) is 0 Å². The third-order valence-corrected chi connectivity index (χ3v) is 2.77. The number of ether oxygens (including phenoxy) is 1. The number of amides is 2. The largest absolute Gasteiger partial charge is 0.465 e. The summed E-state index contributed by atoms with van der Waals surface area (Å²) in [5.41, 5.74) is 6.92. The Hall–Kier alpha value is -2.24. The van der Waals surface area contributed by atoms with Crippen molar-refractivity contribution in [1.29, 1.82) is 0 Å². The van der Waals surface area contributed by atoms with E-state index in [2.05, 4.69) is 10.1 Å². The zero-order valence-electron chi connectivity index (χ0n) is 11.4. The first kappa shape index (κ1) is 14.8. The van der Waals surface area contributed by atoms with E-state index in [0.29, 0.717) is 30.0 Å². The Morgan fingerprint density at radius 2 is 1.95 bits per heavy atom. The maximum atomic E-state index is 11.9. The summed E-state index contributed by atoms with van der Waals surface area (Å²) >= 11 is 0. The zero-order chi connectivity index (χ0) is 14.4. The molecule has 0 spiro atoms. The molecule has 0 aliphatic carbocycles. The molecule has 0 saturated carbocycles. The van der Waals surface area contributed by atoms with Gasteiger partial charge in [-0.2, -0.15) is 0 Å². The number of urea groups is 1. The minimum Gasteiger partial charge on any atom is -0.465 e. The highest BCUT2D eigenvalue weighted by atomic mass is 16.5. The van der Waals surface area contributed by atoms with E-state index < -0.39 is 5.97 Å². The number of methoxy groups -OCH3 is 1. The lowest BCUT2D eigenvalue weighted by Gasteiger charge is -2.20. The fraction of sp³-hybridized carbons (Fsp3) is 0.385. The van der Waals surface area contributed by atoms with Crippen molar-refractivity contribution in [1.82, 2.24) is 4.90 Å². The van der Waals surface area contributed by atoms with Gasteiger partial charge in [0.25, 0.3) is 0 Å². The Labute approximate surface area is 112 Å². The number of carbonyl (C=O) groups excluding carboxylic acids is 2. The number of rotatable bonds is 4. The van der Waals surface area contributed by atoms with E-state index in [1.165, 1.54) is 13.2 Å². The van der Waals surface area contributed by atoms with E-state index in [-0.39, 0.29) is 6.03 Å². The van der Waals surface area contributed by atoms with E-state index >= 15 is 0 Å². The van der Waals surface area contributed by atoms with Crippen molar-refractivity contribution in [2.75, 3.05) is 31.2 Å². The van der Waals surface area contributed by atoms with Gasteiger partial charge in [-0.1, -0.05) is 0 Å². The zero-order valence-corrected chi connectivity index (χ0v) is 11.4. The molecule has 2 amide bonds. The molecule has 104 valence electrons. The molecule has 19 heavy (non-hydrogen) atoms. The van der Waals surface area contributed by atoms with Gasteiger partial charge in [-0.15, -0.1) is 0 Å². The number of esters is 1. The predicted octanol–water partition coefficient (Wildman–Crippen LogP) is 1.93. The standard InChI is InChI=1S/C13H19N3O3/c1-4-16(5-2)13(18)15-11-8-9(12(17)19-3)6-7-10(11)14/h6-8H,4-5,14H2,1-3H3,(H,15,18). The molecule has 0 bridgehead atoms. The van der Waals surface area contributed by atoms with Gasteiger partial charge in [0.15, 0.2) is 0 Å². The molecule has 0 aliphatic rings. The van der Waals surface area contributed by atoms with Crippen molar-refractivity contribution < 1.29 is 14.3 Å². The van der Waals surface area contributed by atoms with Crippen molar-refractivity contribution in [2.24, 2.45) is 0 Å². The van der Waals surface area contributed by atoms with Crippen LogP contribution in [0, 0.1) is 0 Å². The van der Waals surface area contributed by atoms with Gasteiger partial charge < -0.3 is 20.7 Å². The minimum atomic E-state index is -0.474. The number of nitrogens with one attached hydrogen (secondary N) is 1. The summed E-state index contributed by atoms with van der Waals surface area (Å²) in [6.45, 7) is 4.96. The average molecular weight is 265 g/mol. The lowest BCUT2D eigenvalue weighted by molar-refractivity contribution is 0.0601. The lowest BCUT2D eigenvalue weighted by Crippen LogP contribution is -2.34. The molecular weight excluding hydrogens is 246 g/mol. The SMILES string of the molecule is CCN(CC)C(=O)Nc1cc(C(=O)OC)ccc1N. The first-order valence-corrected chi connectivity index (χ1v) is 6.07. The minimum absolute atomic E-state index is 0.251. The second-order valence-electron chi connectivity index (χ2n) is 3.90. The number of nitrogens with two attached hydrogens (primary N) is 1. The van der Waals surface area contributed by atoms with Gasteiger partial charge in [0.05, 0.1) is 24.0 Å². The molecule has 3 N–H and O–H groups in total. The smallest absolute Gasteiger partial charge is 0.337 e. The number of nitrogen functional groups attached to an aromatic ring is 1. The summed E-state index contributed by atoms with van der Waals surface area (Å²) in [6.07, 6.45) is 0. The predicted molar refractivity (Wildman–Crippen MR) is 74.1 cm³/mol. The number of hydrogen-bond donors (Lipinski definition) is 2. The molecular formula is C13H19N3O3. The fourth-order valence-corrected chi connectivity index (χ4v) is 1.61. The van der Waals surface area contributed by atoms with Gasteiger partial charge in [0, 0.05) is 13.1 Å². The Bertz CT molecular complexity index is 470. The summed E-state index contributed by atoms with van der Waals surface area (Å²) < 4.78 is 4.62. The van der Waals surface area contributed by atoms with Gasteiger partial charge in [-0.25, -0.2) is 9.59 Å². The van der Waals surface area contributed by atoms with Crippen LogP contribution in [0.3, 0.4) is 0 Å². The van der Waals surface area contributed by atoms with Crippen LogP contribution in [0.25, 0.3) is 0 Å². The first-order valence-electron chi connectivity index (χ1n) is 6.07. The molecule has 6 nitrogen and oxygen atoms in total. The summed E-state index contributed by atoms with van der Waals surface area (Å²) in [5, 5.41) is 2.69. The van der Waals surface area contributed by atoms with E-state index in [0.717, 1.165) is 0 Å². The molecule has 1 aromatic carbocycles. The van der Waals surface area contributed by atoms with Crippen LogP contribution in [-0.2, 0) is 4.74 Å². The monoisotopic (exact) mass is 265 g/mol. The van der Waals surface area contributed by atoms with Gasteiger partial charge in [-0.05, 0) is 32.0 Å². The summed E-state index contributed by atoms with van der Waals surface area (Å²) in [4.78, 5) is 25.0. The number of benzene rings is 1. The highest BCUT2D eigenvalue weighted by Gasteiger charge is 2.13. The fourth-order valence-electron chi connectivity index (χ4n) is 1.61. The molecule has 0 aliphatic heterocycles. The number of nitrogens with zero attached hydrogens (tertiary/aromatic N) is 1. The van der Waals surface area contributed by atoms with Gasteiger partial charge in [0.2, 0.25) is 0 Å². The van der Waals surface area contributed by atoms with Crippen LogP contribution in [0.4, 0.5) is 16.2 Å². The Morgan fingerprint density at radius 1 is 1.32 bits per heavy atom. The van der Waals surface area contributed by atoms with Crippen LogP contribution >= 0.6 is 0 Å². The summed E-state index contributed by atoms with van der Waals surface area (Å²) in [6, 6.07) is 4.36. The molecule has 1 aromatic rings. The second kappa shape index (κ2) is 6.63. The van der Waals surface area contributed by atoms with Crippen LogP contribution in [0.5, 0.6) is 0 Å². The van der Waals surface area contributed by atoms with Crippen molar-refractivity contribution >= 4 is 23.4 Å². The molecule has 0 atom stereocenters. The molecule has 0 heterocycles. The van der Waals surface area contributed by atoms with Gasteiger partial charge >= 0.3 is 12.0 Å². The highest BCUT2D eigenvalue weighted by Crippen LogP contribution is 2.21. The number of carbonyl (C=O) groups is 2. The summed E-state index contributed by atoms with van der Waals surface area (Å²) in [5.74, 6) is -0.474. The molecule has 0 saturated heterocycles. The maximum absolute atomic E-state index is 11.9. The Kier molecular flexibility index (Phi) is 5.17. The van der Waals surface area contributed by atoms with Gasteiger partial charge in [-0.3, -0.25) is 0 Å². The average Bonchev–Trinajstić information content (AvgIpc) is 2.41. The molecule has 0 fully saturated rings. The number of hydrogen-bond acceptors (Lipinski definition) is 4. The third-order valence-electron chi connectivity index (χ3n) is 2.77. The van der Waals surface area contributed by atoms with E-state index in [1.807, 2.05) is 13.8 Å². The molecule has 1 rings (SSSR count). The lowest BCUT2D eigenvalue weighted by atomic mass is 10.1. The van der Waals surface area contributed by atoms with Crippen molar-refractivity contribution in [3.8, 4) is 0 Å². The van der Waals surface area contributed by atoms with Crippen molar-refractivity contribution in [3.05, 3.63) is 23.8 Å². The quantitative estimate of drug-likeness (QED) is 0.643. The topological polar surface area (TPSA) is 84.7 Å². The van der Waals surface area contributed by atoms with E-state index in [1.54, 1.807) is 17.0 Å². The maximum Gasteiger partial charge on any atom is 0.337 e.